The quantitative estimate of drug-likeness (QED) is 0.509. The van der Waals surface area contributed by atoms with Gasteiger partial charge in [0.15, 0.2) is 0 Å². The van der Waals surface area contributed by atoms with Gasteiger partial charge in [-0.3, -0.25) is 19.7 Å². The van der Waals surface area contributed by atoms with E-state index in [2.05, 4.69) is 20.6 Å². The molecule has 1 atom stereocenters. The number of non-ortho nitro benzene ring substituents is 1. The van der Waals surface area contributed by atoms with E-state index < -0.39 is 16.7 Å². The highest BCUT2D eigenvalue weighted by atomic mass is 16.6. The molecule has 1 saturated heterocycles. The molecule has 3 heterocycles. The van der Waals surface area contributed by atoms with Gasteiger partial charge in [-0.1, -0.05) is 6.07 Å². The first-order valence-corrected chi connectivity index (χ1v) is 9.70. The van der Waals surface area contributed by atoms with Gasteiger partial charge in [-0.05, 0) is 25.3 Å². The van der Waals surface area contributed by atoms with Gasteiger partial charge in [0.1, 0.15) is 11.6 Å². The number of nitrogens with two attached hydrogens (primary N) is 1. The smallest absolute Gasteiger partial charge is 0.271 e. The van der Waals surface area contributed by atoms with Gasteiger partial charge >= 0.3 is 0 Å². The van der Waals surface area contributed by atoms with E-state index >= 15 is 0 Å². The maximum absolute atomic E-state index is 12.9. The summed E-state index contributed by atoms with van der Waals surface area (Å²) in [6.45, 7) is 1.62. The Hall–Kier alpha value is -3.76. The predicted molar refractivity (Wildman–Crippen MR) is 110 cm³/mol. The van der Waals surface area contributed by atoms with E-state index in [9.17, 15) is 19.7 Å². The first-order valence-electron chi connectivity index (χ1n) is 9.70. The number of aromatic nitrogens is 2. The third-order valence-corrected chi connectivity index (χ3v) is 5.24. The van der Waals surface area contributed by atoms with Crippen LogP contribution in [0.4, 0.5) is 29.0 Å². The molecule has 11 nitrogen and oxygen atoms in total. The van der Waals surface area contributed by atoms with Crippen LogP contribution in [0.25, 0.3) is 0 Å². The van der Waals surface area contributed by atoms with E-state index in [-0.39, 0.29) is 35.3 Å². The Bertz CT molecular complexity index is 1020. The second-order valence-corrected chi connectivity index (χ2v) is 7.32. The molecule has 2 aromatic rings. The summed E-state index contributed by atoms with van der Waals surface area (Å²) in [5.41, 5.74) is 6.65. The number of benzene rings is 1. The summed E-state index contributed by atoms with van der Waals surface area (Å²) in [4.78, 5) is 46.4. The van der Waals surface area contributed by atoms with Gasteiger partial charge in [-0.25, -0.2) is 0 Å². The lowest BCUT2D eigenvalue weighted by Crippen LogP contribution is -2.35. The molecule has 4 N–H and O–H groups in total. The Morgan fingerprint density at radius 1 is 1.27 bits per heavy atom. The van der Waals surface area contributed by atoms with Crippen LogP contribution in [-0.2, 0) is 9.59 Å². The standard InChI is InChI=1S/C19H21N7O4/c20-16-15-13(18(28)21-11-5-4-6-12(9-11)26(29)30)10-14(27)22-17(15)24-19(23-16)25-7-2-1-3-8-25/h4-6,9,13H,1-3,7-8,10H2,(H,21,28)(H3,20,22,23,24,27)/t13-/m0/s1. The Kier molecular flexibility index (Phi) is 5.17. The van der Waals surface area contributed by atoms with Crippen molar-refractivity contribution in [3.05, 3.63) is 39.9 Å². The van der Waals surface area contributed by atoms with Crippen molar-refractivity contribution in [3.63, 3.8) is 0 Å². The average Bonchev–Trinajstić information content (AvgIpc) is 2.73. The number of nitrogens with zero attached hydrogens (tertiary/aromatic N) is 4. The van der Waals surface area contributed by atoms with Gasteiger partial charge in [-0.15, -0.1) is 0 Å². The van der Waals surface area contributed by atoms with Crippen molar-refractivity contribution in [1.82, 2.24) is 9.97 Å². The van der Waals surface area contributed by atoms with E-state index in [4.69, 9.17) is 5.73 Å². The number of fused-ring (bicyclic) bond motifs is 1. The summed E-state index contributed by atoms with van der Waals surface area (Å²) < 4.78 is 0. The Balaban J connectivity index is 1.62. The summed E-state index contributed by atoms with van der Waals surface area (Å²) >= 11 is 0. The molecule has 2 aliphatic heterocycles. The summed E-state index contributed by atoms with van der Waals surface area (Å²) in [5.74, 6) is -0.954. The van der Waals surface area contributed by atoms with E-state index in [1.54, 1.807) is 0 Å². The van der Waals surface area contributed by atoms with Gasteiger partial charge in [0.25, 0.3) is 5.69 Å². The molecule has 0 unspecified atom stereocenters. The largest absolute Gasteiger partial charge is 0.383 e. The number of piperidine rings is 1. The SMILES string of the molecule is Nc1nc(N2CCCCC2)nc2c1[C@@H](C(=O)Nc1cccc([N+](=O)[O-])c1)CC(=O)N2. The molecule has 0 aliphatic carbocycles. The van der Waals surface area contributed by atoms with E-state index in [1.807, 2.05) is 4.90 Å². The molecule has 2 aliphatic rings. The summed E-state index contributed by atoms with van der Waals surface area (Å²) in [7, 11) is 0. The first-order chi connectivity index (χ1) is 14.4. The number of hydrogen-bond donors (Lipinski definition) is 3. The second-order valence-electron chi connectivity index (χ2n) is 7.32. The molecule has 4 rings (SSSR count). The molecule has 1 fully saturated rings. The van der Waals surface area contributed by atoms with Crippen molar-refractivity contribution in [2.45, 2.75) is 31.6 Å². The van der Waals surface area contributed by atoms with Crippen LogP contribution in [0.5, 0.6) is 0 Å². The number of nitro benzene ring substituents is 1. The monoisotopic (exact) mass is 411 g/mol. The van der Waals surface area contributed by atoms with Crippen LogP contribution in [0.1, 0.15) is 37.2 Å². The second kappa shape index (κ2) is 7.93. The van der Waals surface area contributed by atoms with Crippen molar-refractivity contribution in [3.8, 4) is 0 Å². The molecular weight excluding hydrogens is 390 g/mol. The minimum atomic E-state index is -0.900. The van der Waals surface area contributed by atoms with Crippen LogP contribution >= 0.6 is 0 Å². The van der Waals surface area contributed by atoms with Gasteiger partial charge in [0.05, 0.1) is 16.4 Å². The molecule has 0 spiro atoms. The highest BCUT2D eigenvalue weighted by Crippen LogP contribution is 2.37. The Morgan fingerprint density at radius 3 is 2.77 bits per heavy atom. The van der Waals surface area contributed by atoms with Crippen LogP contribution in [0, 0.1) is 10.1 Å². The predicted octanol–water partition coefficient (Wildman–Crippen LogP) is 2.02. The first kappa shape index (κ1) is 19.6. The molecule has 0 radical (unpaired) electrons. The third kappa shape index (κ3) is 3.86. The molecular formula is C19H21N7O4. The number of nitrogens with one attached hydrogen (secondary N) is 2. The summed E-state index contributed by atoms with van der Waals surface area (Å²) in [6, 6.07) is 5.58. The van der Waals surface area contributed by atoms with Crippen molar-refractivity contribution in [2.24, 2.45) is 0 Å². The minimum absolute atomic E-state index is 0.121. The van der Waals surface area contributed by atoms with Crippen LogP contribution in [0.3, 0.4) is 0 Å². The van der Waals surface area contributed by atoms with E-state index in [0.29, 0.717) is 11.5 Å². The fourth-order valence-electron chi connectivity index (χ4n) is 3.77. The van der Waals surface area contributed by atoms with Gasteiger partial charge < -0.3 is 21.3 Å². The minimum Gasteiger partial charge on any atom is -0.383 e. The zero-order valence-electron chi connectivity index (χ0n) is 16.1. The number of carbonyl (C=O) groups excluding carboxylic acids is 2. The number of anilines is 4. The van der Waals surface area contributed by atoms with Crippen molar-refractivity contribution in [1.29, 1.82) is 0 Å². The van der Waals surface area contributed by atoms with Crippen LogP contribution < -0.4 is 21.3 Å². The lowest BCUT2D eigenvalue weighted by molar-refractivity contribution is -0.384. The lowest BCUT2D eigenvalue weighted by Gasteiger charge is -2.30. The third-order valence-electron chi connectivity index (χ3n) is 5.24. The van der Waals surface area contributed by atoms with Crippen LogP contribution in [-0.4, -0.2) is 39.8 Å². The van der Waals surface area contributed by atoms with Crippen LogP contribution in [0.2, 0.25) is 0 Å². The maximum atomic E-state index is 12.9. The topological polar surface area (TPSA) is 156 Å². The van der Waals surface area contributed by atoms with Gasteiger partial charge in [0.2, 0.25) is 17.8 Å². The fraction of sp³-hybridized carbons (Fsp3) is 0.368. The summed E-state index contributed by atoms with van der Waals surface area (Å²) in [5, 5.41) is 16.3. The number of rotatable bonds is 4. The number of nitro groups is 1. The normalized spacial score (nSPS) is 18.3. The van der Waals surface area contributed by atoms with Crippen LogP contribution in [0.15, 0.2) is 24.3 Å². The van der Waals surface area contributed by atoms with E-state index in [0.717, 1.165) is 32.4 Å². The van der Waals surface area contributed by atoms with Gasteiger partial charge in [0, 0.05) is 37.3 Å². The zero-order valence-corrected chi connectivity index (χ0v) is 16.1. The van der Waals surface area contributed by atoms with Gasteiger partial charge in [-0.2, -0.15) is 9.97 Å². The Labute approximate surface area is 171 Å². The number of amides is 2. The fourth-order valence-corrected chi connectivity index (χ4v) is 3.77. The zero-order chi connectivity index (χ0) is 21.3. The average molecular weight is 411 g/mol. The number of nitrogen functional groups attached to an aromatic ring is 1. The highest BCUT2D eigenvalue weighted by molar-refractivity contribution is 6.05. The molecule has 2 amide bonds. The molecule has 30 heavy (non-hydrogen) atoms. The maximum Gasteiger partial charge on any atom is 0.271 e. The number of carbonyl (C=O) groups is 2. The lowest BCUT2D eigenvalue weighted by atomic mass is 9.92. The molecule has 156 valence electrons. The molecule has 0 saturated carbocycles. The van der Waals surface area contributed by atoms with E-state index in [1.165, 1.54) is 24.3 Å². The van der Waals surface area contributed by atoms with Crippen molar-refractivity contribution < 1.29 is 14.5 Å². The molecule has 11 heteroatoms. The van der Waals surface area contributed by atoms with Crippen molar-refractivity contribution in [2.75, 3.05) is 34.4 Å². The number of hydrogen-bond acceptors (Lipinski definition) is 8. The van der Waals surface area contributed by atoms with Crippen molar-refractivity contribution >= 4 is 40.8 Å². The Morgan fingerprint density at radius 2 is 2.03 bits per heavy atom. The summed E-state index contributed by atoms with van der Waals surface area (Å²) in [6.07, 6.45) is 3.08. The molecule has 1 aromatic carbocycles. The molecule has 0 bridgehead atoms. The molecule has 1 aromatic heterocycles. The highest BCUT2D eigenvalue weighted by Gasteiger charge is 2.35.